The third-order valence-corrected chi connectivity index (χ3v) is 2.62. The molecule has 0 fully saturated rings. The predicted molar refractivity (Wildman–Crippen MR) is 70.9 cm³/mol. The lowest BCUT2D eigenvalue weighted by atomic mass is 10.1. The van der Waals surface area contributed by atoms with E-state index in [9.17, 15) is 9.18 Å². The highest BCUT2D eigenvalue weighted by Crippen LogP contribution is 2.03. The lowest BCUT2D eigenvalue weighted by molar-refractivity contribution is -0.120. The second-order valence-electron chi connectivity index (χ2n) is 4.26. The molecule has 0 atom stereocenters. The van der Waals surface area contributed by atoms with Crippen molar-refractivity contribution in [2.45, 2.75) is 26.2 Å². The predicted octanol–water partition coefficient (Wildman–Crippen LogP) is 1.87. The van der Waals surface area contributed by atoms with E-state index in [2.05, 4.69) is 17.6 Å². The monoisotopic (exact) mass is 252 g/mol. The van der Waals surface area contributed by atoms with Gasteiger partial charge in [-0.05, 0) is 37.1 Å². The Bertz CT molecular complexity index is 369. The number of hydrogen-bond donors (Lipinski definition) is 2. The van der Waals surface area contributed by atoms with Crippen LogP contribution in [-0.2, 0) is 11.2 Å². The Balaban J connectivity index is 2.09. The van der Waals surface area contributed by atoms with Gasteiger partial charge in [0.05, 0.1) is 6.54 Å². The second-order valence-corrected chi connectivity index (χ2v) is 4.26. The van der Waals surface area contributed by atoms with Crippen molar-refractivity contribution >= 4 is 5.91 Å². The molecule has 1 rings (SSSR count). The molecule has 1 amide bonds. The summed E-state index contributed by atoms with van der Waals surface area (Å²) < 4.78 is 12.9. The van der Waals surface area contributed by atoms with Crippen LogP contribution >= 0.6 is 0 Å². The normalized spacial score (nSPS) is 10.3. The SMILES string of the molecule is CCCCNC(=O)CNCCc1cccc(F)c1. The van der Waals surface area contributed by atoms with E-state index in [0.717, 1.165) is 31.4 Å². The molecular formula is C14H21FN2O. The van der Waals surface area contributed by atoms with Crippen molar-refractivity contribution in [3.63, 3.8) is 0 Å². The molecule has 0 bridgehead atoms. The summed E-state index contributed by atoms with van der Waals surface area (Å²) in [6, 6.07) is 6.52. The van der Waals surface area contributed by atoms with Crippen LogP contribution in [0.2, 0.25) is 0 Å². The summed E-state index contributed by atoms with van der Waals surface area (Å²) >= 11 is 0. The molecular weight excluding hydrogens is 231 g/mol. The molecule has 4 heteroatoms. The van der Waals surface area contributed by atoms with Gasteiger partial charge >= 0.3 is 0 Å². The van der Waals surface area contributed by atoms with Crippen LogP contribution in [0.1, 0.15) is 25.3 Å². The molecule has 100 valence electrons. The number of nitrogens with one attached hydrogen (secondary N) is 2. The first-order valence-electron chi connectivity index (χ1n) is 6.44. The van der Waals surface area contributed by atoms with Crippen molar-refractivity contribution in [1.29, 1.82) is 0 Å². The van der Waals surface area contributed by atoms with E-state index in [1.807, 2.05) is 6.07 Å². The highest BCUT2D eigenvalue weighted by atomic mass is 19.1. The number of carbonyl (C=O) groups is 1. The summed E-state index contributed by atoms with van der Waals surface area (Å²) in [7, 11) is 0. The summed E-state index contributed by atoms with van der Waals surface area (Å²) in [5.41, 5.74) is 0.939. The van der Waals surface area contributed by atoms with E-state index in [1.165, 1.54) is 12.1 Å². The summed E-state index contributed by atoms with van der Waals surface area (Å²) in [4.78, 5) is 11.3. The van der Waals surface area contributed by atoms with E-state index >= 15 is 0 Å². The first-order valence-corrected chi connectivity index (χ1v) is 6.44. The number of benzene rings is 1. The molecule has 18 heavy (non-hydrogen) atoms. The second kappa shape index (κ2) is 8.64. The van der Waals surface area contributed by atoms with Gasteiger partial charge in [-0.1, -0.05) is 25.5 Å². The maximum absolute atomic E-state index is 12.9. The Labute approximate surface area is 108 Å². The number of hydrogen-bond acceptors (Lipinski definition) is 2. The fourth-order valence-electron chi connectivity index (χ4n) is 1.59. The van der Waals surface area contributed by atoms with Crippen LogP contribution in [0.5, 0.6) is 0 Å². The minimum absolute atomic E-state index is 0.0164. The zero-order chi connectivity index (χ0) is 13.2. The maximum atomic E-state index is 12.9. The largest absolute Gasteiger partial charge is 0.355 e. The van der Waals surface area contributed by atoms with Crippen LogP contribution in [0.15, 0.2) is 24.3 Å². The Morgan fingerprint density at radius 2 is 2.17 bits per heavy atom. The van der Waals surface area contributed by atoms with Gasteiger partial charge in [0, 0.05) is 6.54 Å². The molecule has 2 N–H and O–H groups in total. The average molecular weight is 252 g/mol. The van der Waals surface area contributed by atoms with Gasteiger partial charge in [-0.2, -0.15) is 0 Å². The van der Waals surface area contributed by atoms with Gasteiger partial charge in [-0.25, -0.2) is 4.39 Å². The van der Waals surface area contributed by atoms with Gasteiger partial charge in [0.2, 0.25) is 5.91 Å². The molecule has 1 aromatic carbocycles. The fourth-order valence-corrected chi connectivity index (χ4v) is 1.59. The van der Waals surface area contributed by atoms with Crippen molar-refractivity contribution in [1.82, 2.24) is 10.6 Å². The molecule has 0 spiro atoms. The van der Waals surface area contributed by atoms with Crippen molar-refractivity contribution in [3.8, 4) is 0 Å². The van der Waals surface area contributed by atoms with Crippen LogP contribution in [0.4, 0.5) is 4.39 Å². The van der Waals surface area contributed by atoms with Crippen LogP contribution in [0, 0.1) is 5.82 Å². The minimum atomic E-state index is -0.218. The molecule has 0 aliphatic rings. The Morgan fingerprint density at radius 3 is 2.89 bits per heavy atom. The van der Waals surface area contributed by atoms with E-state index in [1.54, 1.807) is 6.07 Å². The van der Waals surface area contributed by atoms with Crippen molar-refractivity contribution in [2.75, 3.05) is 19.6 Å². The fraction of sp³-hybridized carbons (Fsp3) is 0.500. The van der Waals surface area contributed by atoms with Gasteiger partial charge in [0.15, 0.2) is 0 Å². The van der Waals surface area contributed by atoms with Crippen LogP contribution in [-0.4, -0.2) is 25.5 Å². The van der Waals surface area contributed by atoms with E-state index in [4.69, 9.17) is 0 Å². The van der Waals surface area contributed by atoms with E-state index in [0.29, 0.717) is 13.1 Å². The first-order chi connectivity index (χ1) is 8.72. The van der Waals surface area contributed by atoms with E-state index < -0.39 is 0 Å². The Morgan fingerprint density at radius 1 is 1.33 bits per heavy atom. The lowest BCUT2D eigenvalue weighted by Gasteiger charge is -2.06. The molecule has 3 nitrogen and oxygen atoms in total. The van der Waals surface area contributed by atoms with Gasteiger partial charge in [0.25, 0.3) is 0 Å². The number of halogens is 1. The minimum Gasteiger partial charge on any atom is -0.355 e. The van der Waals surface area contributed by atoms with Crippen molar-refractivity contribution in [2.24, 2.45) is 0 Å². The number of rotatable bonds is 8. The van der Waals surface area contributed by atoms with Crippen molar-refractivity contribution in [3.05, 3.63) is 35.6 Å². The Kier molecular flexibility index (Phi) is 7.03. The van der Waals surface area contributed by atoms with Gasteiger partial charge in [-0.3, -0.25) is 4.79 Å². The smallest absolute Gasteiger partial charge is 0.233 e. The van der Waals surface area contributed by atoms with Crippen LogP contribution in [0.3, 0.4) is 0 Å². The Hall–Kier alpha value is -1.42. The molecule has 0 unspecified atom stereocenters. The van der Waals surface area contributed by atoms with E-state index in [-0.39, 0.29) is 11.7 Å². The van der Waals surface area contributed by atoms with Crippen molar-refractivity contribution < 1.29 is 9.18 Å². The molecule has 0 aliphatic carbocycles. The standard InChI is InChI=1S/C14H21FN2O/c1-2-3-8-17-14(18)11-16-9-7-12-5-4-6-13(15)10-12/h4-6,10,16H,2-3,7-9,11H2,1H3,(H,17,18). The summed E-state index contributed by atoms with van der Waals surface area (Å²) in [5.74, 6) is -0.201. The molecule has 0 aliphatic heterocycles. The summed E-state index contributed by atoms with van der Waals surface area (Å²) in [6.07, 6.45) is 2.81. The quantitative estimate of drug-likeness (QED) is 0.694. The summed E-state index contributed by atoms with van der Waals surface area (Å²) in [5, 5.41) is 5.88. The lowest BCUT2D eigenvalue weighted by Crippen LogP contribution is -2.35. The molecule has 0 saturated heterocycles. The third kappa shape index (κ3) is 6.35. The first kappa shape index (κ1) is 14.6. The van der Waals surface area contributed by atoms with Gasteiger partial charge in [0.1, 0.15) is 5.82 Å². The topological polar surface area (TPSA) is 41.1 Å². The van der Waals surface area contributed by atoms with Gasteiger partial charge < -0.3 is 10.6 Å². The third-order valence-electron chi connectivity index (χ3n) is 2.62. The van der Waals surface area contributed by atoms with Crippen LogP contribution in [0.25, 0.3) is 0 Å². The highest BCUT2D eigenvalue weighted by Gasteiger charge is 1.99. The zero-order valence-corrected chi connectivity index (χ0v) is 10.8. The number of amides is 1. The molecule has 0 heterocycles. The zero-order valence-electron chi connectivity index (χ0n) is 10.8. The molecule has 0 saturated carbocycles. The molecule has 0 aromatic heterocycles. The number of unbranched alkanes of at least 4 members (excludes halogenated alkanes) is 1. The molecule has 0 radical (unpaired) electrons. The number of carbonyl (C=O) groups excluding carboxylic acids is 1. The maximum Gasteiger partial charge on any atom is 0.233 e. The molecule has 1 aromatic rings. The summed E-state index contributed by atoms with van der Waals surface area (Å²) in [6.45, 7) is 3.81. The highest BCUT2D eigenvalue weighted by molar-refractivity contribution is 5.77. The van der Waals surface area contributed by atoms with Gasteiger partial charge in [-0.15, -0.1) is 0 Å². The van der Waals surface area contributed by atoms with Crippen LogP contribution < -0.4 is 10.6 Å². The average Bonchev–Trinajstić information content (AvgIpc) is 2.35.